The number of aliphatic hydroxyl groups is 1. The first kappa shape index (κ1) is 16.4. The summed E-state index contributed by atoms with van der Waals surface area (Å²) in [6, 6.07) is -0.640. The van der Waals surface area contributed by atoms with E-state index in [4.69, 9.17) is 0 Å². The van der Waals surface area contributed by atoms with Gasteiger partial charge in [0.25, 0.3) is 0 Å². The number of rotatable bonds is 6. The summed E-state index contributed by atoms with van der Waals surface area (Å²) in [5, 5.41) is 12.3. The second-order valence-electron chi connectivity index (χ2n) is 5.17. The summed E-state index contributed by atoms with van der Waals surface area (Å²) in [5.74, 6) is -0.305. The van der Waals surface area contributed by atoms with Crippen LogP contribution in [0.15, 0.2) is 0 Å². The maximum absolute atomic E-state index is 12.3. The zero-order chi connectivity index (χ0) is 14.7. The summed E-state index contributed by atoms with van der Waals surface area (Å²) < 4.78 is 24.5. The lowest BCUT2D eigenvalue weighted by atomic mass is 9.93. The Balaban J connectivity index is 2.83. The van der Waals surface area contributed by atoms with Gasteiger partial charge in [0.15, 0.2) is 0 Å². The molecule has 0 saturated carbocycles. The van der Waals surface area contributed by atoms with E-state index < -0.39 is 21.6 Å². The highest BCUT2D eigenvalue weighted by Crippen LogP contribution is 2.22. The van der Waals surface area contributed by atoms with Gasteiger partial charge in [-0.25, -0.2) is 8.42 Å². The van der Waals surface area contributed by atoms with Crippen molar-refractivity contribution < 1.29 is 18.3 Å². The third-order valence-electron chi connectivity index (χ3n) is 3.98. The molecule has 0 aliphatic carbocycles. The smallest absolute Gasteiger partial charge is 0.238 e. The van der Waals surface area contributed by atoms with E-state index in [1.807, 2.05) is 13.8 Å². The summed E-state index contributed by atoms with van der Waals surface area (Å²) in [6.07, 6.45) is 3.57. The second kappa shape index (κ2) is 6.19. The quantitative estimate of drug-likeness (QED) is 0.726. The van der Waals surface area contributed by atoms with E-state index in [0.29, 0.717) is 32.2 Å². The van der Waals surface area contributed by atoms with E-state index in [1.54, 1.807) is 0 Å². The largest absolute Gasteiger partial charge is 0.394 e. The van der Waals surface area contributed by atoms with E-state index in [-0.39, 0.29) is 12.5 Å². The van der Waals surface area contributed by atoms with Gasteiger partial charge >= 0.3 is 0 Å². The average Bonchev–Trinajstić information content (AvgIpc) is 2.85. The van der Waals surface area contributed by atoms with Crippen LogP contribution in [-0.2, 0) is 14.8 Å². The predicted molar refractivity (Wildman–Crippen MR) is 73.1 cm³/mol. The van der Waals surface area contributed by atoms with Gasteiger partial charge in [-0.05, 0) is 25.7 Å². The number of hydrogen-bond donors (Lipinski definition) is 2. The van der Waals surface area contributed by atoms with Crippen molar-refractivity contribution in [2.24, 2.45) is 0 Å². The Kier molecular flexibility index (Phi) is 5.34. The van der Waals surface area contributed by atoms with Crippen LogP contribution in [-0.4, -0.2) is 54.7 Å². The summed E-state index contributed by atoms with van der Waals surface area (Å²) in [5.41, 5.74) is -0.650. The van der Waals surface area contributed by atoms with Crippen molar-refractivity contribution in [2.75, 3.05) is 19.4 Å². The number of nitrogens with zero attached hydrogens (tertiary/aromatic N) is 1. The number of nitrogens with one attached hydrogen (secondary N) is 1. The molecule has 6 nitrogen and oxygen atoms in total. The van der Waals surface area contributed by atoms with Crippen molar-refractivity contribution in [1.29, 1.82) is 0 Å². The minimum Gasteiger partial charge on any atom is -0.394 e. The number of carbonyl (C=O) groups excluding carboxylic acids is 1. The average molecular weight is 292 g/mol. The molecule has 1 amide bonds. The minimum atomic E-state index is -3.36. The van der Waals surface area contributed by atoms with Crippen LogP contribution in [0.25, 0.3) is 0 Å². The van der Waals surface area contributed by atoms with Gasteiger partial charge in [0.05, 0.1) is 18.4 Å². The molecular weight excluding hydrogens is 268 g/mol. The van der Waals surface area contributed by atoms with Crippen LogP contribution in [0.5, 0.6) is 0 Å². The molecule has 7 heteroatoms. The van der Waals surface area contributed by atoms with E-state index in [0.717, 1.165) is 6.26 Å². The number of aliphatic hydroxyl groups excluding tert-OH is 1. The van der Waals surface area contributed by atoms with Crippen LogP contribution in [0.3, 0.4) is 0 Å². The van der Waals surface area contributed by atoms with Crippen LogP contribution < -0.4 is 5.32 Å². The molecule has 19 heavy (non-hydrogen) atoms. The Hall–Kier alpha value is -0.660. The van der Waals surface area contributed by atoms with E-state index in [1.165, 1.54) is 4.31 Å². The summed E-state index contributed by atoms with van der Waals surface area (Å²) >= 11 is 0. The molecule has 1 unspecified atom stereocenters. The van der Waals surface area contributed by atoms with E-state index in [9.17, 15) is 18.3 Å². The molecule has 0 aromatic carbocycles. The third kappa shape index (κ3) is 3.67. The van der Waals surface area contributed by atoms with Crippen molar-refractivity contribution in [2.45, 2.75) is 51.1 Å². The summed E-state index contributed by atoms with van der Waals surface area (Å²) in [6.45, 7) is 4.03. The number of amides is 1. The fourth-order valence-corrected chi connectivity index (χ4v) is 3.56. The topological polar surface area (TPSA) is 86.7 Å². The fourth-order valence-electron chi connectivity index (χ4n) is 2.43. The molecule has 1 heterocycles. The molecule has 1 atom stereocenters. The lowest BCUT2D eigenvalue weighted by molar-refractivity contribution is -0.127. The number of hydrogen-bond acceptors (Lipinski definition) is 4. The zero-order valence-corrected chi connectivity index (χ0v) is 12.7. The van der Waals surface area contributed by atoms with Gasteiger partial charge < -0.3 is 10.4 Å². The van der Waals surface area contributed by atoms with Crippen LogP contribution in [0.4, 0.5) is 0 Å². The third-order valence-corrected chi connectivity index (χ3v) is 5.27. The van der Waals surface area contributed by atoms with Crippen LogP contribution in [0.1, 0.15) is 39.5 Å². The molecule has 2 N–H and O–H groups in total. The van der Waals surface area contributed by atoms with Gasteiger partial charge in [0.1, 0.15) is 6.04 Å². The molecule has 0 radical (unpaired) electrons. The maximum atomic E-state index is 12.3. The van der Waals surface area contributed by atoms with Gasteiger partial charge in [-0.1, -0.05) is 13.8 Å². The van der Waals surface area contributed by atoms with Crippen molar-refractivity contribution >= 4 is 15.9 Å². The second-order valence-corrected chi connectivity index (χ2v) is 7.10. The molecule has 0 aromatic heterocycles. The van der Waals surface area contributed by atoms with Crippen LogP contribution in [0.2, 0.25) is 0 Å². The Bertz CT molecular complexity index is 409. The minimum absolute atomic E-state index is 0.142. The maximum Gasteiger partial charge on any atom is 0.238 e. The molecule has 0 spiro atoms. The lowest BCUT2D eigenvalue weighted by Crippen LogP contribution is -2.56. The normalized spacial score (nSPS) is 21.6. The highest BCUT2D eigenvalue weighted by atomic mass is 32.2. The first-order valence-corrected chi connectivity index (χ1v) is 8.54. The monoisotopic (exact) mass is 292 g/mol. The first-order chi connectivity index (χ1) is 8.79. The molecule has 1 aliphatic heterocycles. The number of carbonyl (C=O) groups is 1. The van der Waals surface area contributed by atoms with Crippen molar-refractivity contribution in [3.63, 3.8) is 0 Å². The zero-order valence-electron chi connectivity index (χ0n) is 11.8. The molecule has 1 saturated heterocycles. The van der Waals surface area contributed by atoms with Crippen molar-refractivity contribution in [3.8, 4) is 0 Å². The Morgan fingerprint density at radius 1 is 1.42 bits per heavy atom. The first-order valence-electron chi connectivity index (χ1n) is 6.69. The van der Waals surface area contributed by atoms with Gasteiger partial charge in [-0.15, -0.1) is 0 Å². The summed E-state index contributed by atoms with van der Waals surface area (Å²) in [4.78, 5) is 12.3. The Labute approximate surface area is 115 Å². The molecule has 1 aliphatic rings. The molecular formula is C12H24N2O4S. The van der Waals surface area contributed by atoms with E-state index in [2.05, 4.69) is 5.32 Å². The SMILES string of the molecule is CCC(CC)(CO)NC(=O)C1CCCN1S(C)(=O)=O. The van der Waals surface area contributed by atoms with Crippen LogP contribution >= 0.6 is 0 Å². The highest BCUT2D eigenvalue weighted by molar-refractivity contribution is 7.88. The fraction of sp³-hybridized carbons (Fsp3) is 0.917. The molecule has 1 fully saturated rings. The van der Waals surface area contributed by atoms with Crippen molar-refractivity contribution in [1.82, 2.24) is 9.62 Å². The van der Waals surface area contributed by atoms with Gasteiger partial charge in [-0.2, -0.15) is 4.31 Å². The highest BCUT2D eigenvalue weighted by Gasteiger charge is 2.39. The van der Waals surface area contributed by atoms with Crippen LogP contribution in [0, 0.1) is 0 Å². The predicted octanol–water partition coefficient (Wildman–Crippen LogP) is 0.0777. The van der Waals surface area contributed by atoms with Crippen molar-refractivity contribution in [3.05, 3.63) is 0 Å². The van der Waals surface area contributed by atoms with Gasteiger partial charge in [0, 0.05) is 6.54 Å². The standard InChI is InChI=1S/C12H24N2O4S/c1-4-12(5-2,9-15)13-11(16)10-7-6-8-14(10)19(3,17)18/h10,15H,4-9H2,1-3H3,(H,13,16). The Morgan fingerprint density at radius 3 is 2.42 bits per heavy atom. The molecule has 0 bridgehead atoms. The van der Waals surface area contributed by atoms with Gasteiger partial charge in [-0.3, -0.25) is 4.79 Å². The lowest BCUT2D eigenvalue weighted by Gasteiger charge is -2.33. The molecule has 112 valence electrons. The van der Waals surface area contributed by atoms with Gasteiger partial charge in [0.2, 0.25) is 15.9 Å². The molecule has 0 aromatic rings. The number of sulfonamides is 1. The molecule has 1 rings (SSSR count). The summed E-state index contributed by atoms with van der Waals surface area (Å²) in [7, 11) is -3.36. The Morgan fingerprint density at radius 2 is 2.00 bits per heavy atom. The van der Waals surface area contributed by atoms with E-state index >= 15 is 0 Å².